The summed E-state index contributed by atoms with van der Waals surface area (Å²) in [6.07, 6.45) is 3.31. The Kier molecular flexibility index (Phi) is 6.45. The lowest BCUT2D eigenvalue weighted by Crippen LogP contribution is -2.56. The lowest BCUT2D eigenvalue weighted by atomic mass is 9.65. The first-order chi connectivity index (χ1) is 12.1. The molecule has 0 saturated heterocycles. The van der Waals surface area contributed by atoms with Gasteiger partial charge in [-0.15, -0.1) is 0 Å². The molecule has 4 nitrogen and oxygen atoms in total. The van der Waals surface area contributed by atoms with Crippen LogP contribution in [0, 0.1) is 11.3 Å². The first-order valence-corrected chi connectivity index (χ1v) is 12.9. The third kappa shape index (κ3) is 4.09. The van der Waals surface area contributed by atoms with Crippen molar-refractivity contribution in [2.75, 3.05) is 7.11 Å². The van der Waals surface area contributed by atoms with E-state index in [1.54, 1.807) is 6.07 Å². The third-order valence-electron chi connectivity index (χ3n) is 4.98. The molecule has 0 amide bonds. The zero-order valence-electron chi connectivity index (χ0n) is 15.7. The average molecular weight is 414 g/mol. The summed E-state index contributed by atoms with van der Waals surface area (Å²) in [5, 5.41) is 11.2. The molecule has 1 aliphatic rings. The molecule has 0 unspecified atom stereocenters. The van der Waals surface area contributed by atoms with Crippen molar-refractivity contribution in [1.29, 1.82) is 5.26 Å². The number of esters is 1. The van der Waals surface area contributed by atoms with Gasteiger partial charge >= 0.3 is 5.97 Å². The van der Waals surface area contributed by atoms with Crippen molar-refractivity contribution in [2.24, 2.45) is 0 Å². The molecule has 1 aromatic rings. The fraction of sp³-hybridized carbons (Fsp3) is 0.579. The molecule has 0 aliphatic heterocycles. The van der Waals surface area contributed by atoms with Gasteiger partial charge in [0, 0.05) is 5.41 Å². The van der Waals surface area contributed by atoms with Crippen molar-refractivity contribution >= 4 is 37.5 Å². The van der Waals surface area contributed by atoms with E-state index in [0.29, 0.717) is 10.0 Å². The first-order valence-electron chi connectivity index (χ1n) is 8.73. The molecule has 0 heterocycles. The van der Waals surface area contributed by atoms with Gasteiger partial charge in [-0.2, -0.15) is 5.26 Å². The number of halogens is 2. The molecule has 1 fully saturated rings. The number of nitriles is 1. The maximum atomic E-state index is 12.2. The molecule has 26 heavy (non-hydrogen) atoms. The van der Waals surface area contributed by atoms with Crippen LogP contribution in [0.1, 0.15) is 37.7 Å². The minimum atomic E-state index is -2.15. The molecule has 142 valence electrons. The summed E-state index contributed by atoms with van der Waals surface area (Å²) >= 11 is 12.4. The molecule has 7 heteroatoms. The van der Waals surface area contributed by atoms with Gasteiger partial charge in [0.1, 0.15) is 0 Å². The highest BCUT2D eigenvalue weighted by Crippen LogP contribution is 2.53. The minimum absolute atomic E-state index is 0.107. The number of benzene rings is 1. The Morgan fingerprint density at radius 1 is 1.27 bits per heavy atom. The van der Waals surface area contributed by atoms with Crippen LogP contribution in [-0.4, -0.2) is 27.0 Å². The summed E-state index contributed by atoms with van der Waals surface area (Å²) in [7, 11) is -0.822. The molecule has 0 spiro atoms. The third-order valence-corrected chi connectivity index (χ3v) is 6.68. The zero-order valence-corrected chi connectivity index (χ0v) is 18.2. The van der Waals surface area contributed by atoms with Crippen LogP contribution in [0.4, 0.5) is 0 Å². The molecular weight excluding hydrogens is 389 g/mol. The smallest absolute Gasteiger partial charge is 0.309 e. The molecular formula is C19H25Cl2NO3Si. The number of hydrogen-bond donors (Lipinski definition) is 0. The van der Waals surface area contributed by atoms with Gasteiger partial charge in [-0.3, -0.25) is 4.79 Å². The van der Waals surface area contributed by atoms with Crippen LogP contribution in [0.3, 0.4) is 0 Å². The van der Waals surface area contributed by atoms with Gasteiger partial charge in [-0.25, -0.2) is 0 Å². The van der Waals surface area contributed by atoms with Crippen LogP contribution in [0.15, 0.2) is 18.2 Å². The minimum Gasteiger partial charge on any atom is -0.469 e. The highest BCUT2D eigenvalue weighted by molar-refractivity contribution is 6.69. The van der Waals surface area contributed by atoms with E-state index < -0.39 is 25.3 Å². The van der Waals surface area contributed by atoms with Crippen molar-refractivity contribution in [1.82, 2.24) is 0 Å². The fourth-order valence-corrected chi connectivity index (χ4v) is 5.63. The zero-order chi connectivity index (χ0) is 19.6. The second-order valence-corrected chi connectivity index (χ2v) is 13.1. The maximum absolute atomic E-state index is 12.2. The first kappa shape index (κ1) is 21.2. The second-order valence-electron chi connectivity index (χ2n) is 7.82. The topological polar surface area (TPSA) is 59.3 Å². The van der Waals surface area contributed by atoms with Gasteiger partial charge in [0.05, 0.1) is 29.6 Å². The predicted molar refractivity (Wildman–Crippen MR) is 106 cm³/mol. The fourth-order valence-electron chi connectivity index (χ4n) is 3.97. The van der Waals surface area contributed by atoms with E-state index in [1.807, 2.05) is 31.8 Å². The normalized spacial score (nSPS) is 18.8. The van der Waals surface area contributed by atoms with Crippen LogP contribution in [0.2, 0.25) is 29.7 Å². The molecule has 0 radical (unpaired) electrons. The molecule has 1 aromatic carbocycles. The standard InChI is InChI=1S/C19H25Cl2NO3Si/c1-24-17(23)12-19(13-22,25-26(2,3)4)18(9-5-6-10-18)14-7-8-15(20)16(21)11-14/h7-8,11H,5-6,9-10,12H2,1-4H3/t19-/m0/s1. The van der Waals surface area contributed by atoms with E-state index >= 15 is 0 Å². The van der Waals surface area contributed by atoms with Gasteiger partial charge in [0.15, 0.2) is 13.9 Å². The number of ether oxygens (including phenoxy) is 1. The molecule has 1 aliphatic carbocycles. The van der Waals surface area contributed by atoms with E-state index in [1.165, 1.54) is 7.11 Å². The Morgan fingerprint density at radius 2 is 1.88 bits per heavy atom. The van der Waals surface area contributed by atoms with E-state index in [9.17, 15) is 10.1 Å². The van der Waals surface area contributed by atoms with Crippen LogP contribution in [0.5, 0.6) is 0 Å². The lowest BCUT2D eigenvalue weighted by molar-refractivity contribution is -0.146. The van der Waals surface area contributed by atoms with Crippen molar-refractivity contribution in [3.05, 3.63) is 33.8 Å². The Balaban J connectivity index is 2.68. The number of carbonyl (C=O) groups excluding carboxylic acids is 1. The molecule has 0 bridgehead atoms. The number of methoxy groups -OCH3 is 1. The summed E-state index contributed by atoms with van der Waals surface area (Å²) in [5.41, 5.74) is -1.02. The SMILES string of the molecule is COC(=O)C[C@@](C#N)(O[Si](C)(C)C)C1(c2ccc(Cl)c(Cl)c2)CCCC1. The van der Waals surface area contributed by atoms with E-state index in [2.05, 4.69) is 6.07 Å². The van der Waals surface area contributed by atoms with Crippen LogP contribution in [-0.2, 0) is 19.4 Å². The Labute approximate surface area is 166 Å². The van der Waals surface area contributed by atoms with E-state index in [-0.39, 0.29) is 6.42 Å². The lowest BCUT2D eigenvalue weighted by Gasteiger charge is -2.47. The van der Waals surface area contributed by atoms with Gasteiger partial charge in [-0.05, 0) is 50.2 Å². The highest BCUT2D eigenvalue weighted by atomic mass is 35.5. The molecule has 1 saturated carbocycles. The second kappa shape index (κ2) is 7.90. The largest absolute Gasteiger partial charge is 0.469 e. The summed E-state index contributed by atoms with van der Waals surface area (Å²) in [4.78, 5) is 12.2. The Hall–Kier alpha value is -1.06. The van der Waals surface area contributed by atoms with Gasteiger partial charge in [-0.1, -0.05) is 42.1 Å². The summed E-state index contributed by atoms with van der Waals surface area (Å²) in [5.74, 6) is -0.448. The molecule has 0 N–H and O–H groups in total. The summed E-state index contributed by atoms with van der Waals surface area (Å²) in [6.45, 7) is 6.07. The number of hydrogen-bond acceptors (Lipinski definition) is 4. The molecule has 1 atom stereocenters. The monoisotopic (exact) mass is 413 g/mol. The van der Waals surface area contributed by atoms with E-state index in [4.69, 9.17) is 32.4 Å². The van der Waals surface area contributed by atoms with Crippen molar-refractivity contribution in [3.8, 4) is 6.07 Å². The van der Waals surface area contributed by atoms with Crippen LogP contribution in [0.25, 0.3) is 0 Å². The maximum Gasteiger partial charge on any atom is 0.309 e. The van der Waals surface area contributed by atoms with Crippen LogP contribution < -0.4 is 0 Å². The number of carbonyl (C=O) groups is 1. The van der Waals surface area contributed by atoms with Crippen molar-refractivity contribution < 1.29 is 14.0 Å². The highest BCUT2D eigenvalue weighted by Gasteiger charge is 2.58. The molecule has 2 rings (SSSR count). The number of rotatable bonds is 6. The van der Waals surface area contributed by atoms with Crippen molar-refractivity contribution in [3.63, 3.8) is 0 Å². The van der Waals surface area contributed by atoms with Gasteiger partial charge in [0.25, 0.3) is 0 Å². The molecule has 0 aromatic heterocycles. The predicted octanol–water partition coefficient (Wildman–Crippen LogP) is 5.48. The summed E-state index contributed by atoms with van der Waals surface area (Å²) in [6, 6.07) is 7.84. The Morgan fingerprint density at radius 3 is 2.35 bits per heavy atom. The van der Waals surface area contributed by atoms with Gasteiger partial charge < -0.3 is 9.16 Å². The van der Waals surface area contributed by atoms with Crippen molar-refractivity contribution in [2.45, 2.75) is 62.8 Å². The van der Waals surface area contributed by atoms with Gasteiger partial charge in [0.2, 0.25) is 0 Å². The van der Waals surface area contributed by atoms with Crippen LogP contribution >= 0.6 is 23.2 Å². The average Bonchev–Trinajstić information content (AvgIpc) is 3.06. The number of nitrogens with zero attached hydrogens (tertiary/aromatic N) is 1. The Bertz CT molecular complexity index is 720. The summed E-state index contributed by atoms with van der Waals surface area (Å²) < 4.78 is 11.4. The van der Waals surface area contributed by atoms with E-state index in [0.717, 1.165) is 31.2 Å². The quantitative estimate of drug-likeness (QED) is 0.457.